The number of rotatable bonds is 4. The number of imide groups is 1. The van der Waals surface area contributed by atoms with Crippen LogP contribution in [0.1, 0.15) is 18.5 Å². The van der Waals surface area contributed by atoms with Crippen molar-refractivity contribution in [3.05, 3.63) is 41.7 Å². The number of anilines is 2. The summed E-state index contributed by atoms with van der Waals surface area (Å²) in [5.74, 6) is -0.518. The molecule has 11 heteroatoms. The molecule has 4 rings (SSSR count). The van der Waals surface area contributed by atoms with Crippen LogP contribution in [-0.4, -0.2) is 71.4 Å². The fraction of sp³-hybridized carbons (Fsp3) is 0.381. The molecule has 0 bridgehead atoms. The van der Waals surface area contributed by atoms with Gasteiger partial charge >= 0.3 is 6.03 Å². The molecule has 4 amide bonds. The number of nitriles is 1. The van der Waals surface area contributed by atoms with Crippen molar-refractivity contribution in [2.24, 2.45) is 0 Å². The molecule has 0 radical (unpaired) electrons. The fourth-order valence-electron chi connectivity index (χ4n) is 3.90. The monoisotopic (exact) mass is 440 g/mol. The number of aromatic nitrogens is 1. The van der Waals surface area contributed by atoms with Gasteiger partial charge in [0.2, 0.25) is 17.5 Å². The number of oxazole rings is 1. The Bertz CT molecular complexity index is 1100. The Labute approximate surface area is 183 Å². The Balaban J connectivity index is 1.40. The van der Waals surface area contributed by atoms with Crippen LogP contribution in [0.4, 0.5) is 20.8 Å². The number of piperazine rings is 1. The van der Waals surface area contributed by atoms with Gasteiger partial charge < -0.3 is 14.2 Å². The van der Waals surface area contributed by atoms with E-state index < -0.39 is 23.8 Å². The van der Waals surface area contributed by atoms with Crippen LogP contribution in [0.2, 0.25) is 0 Å². The van der Waals surface area contributed by atoms with E-state index in [1.54, 1.807) is 18.7 Å². The highest BCUT2D eigenvalue weighted by Crippen LogP contribution is 2.26. The van der Waals surface area contributed by atoms with Crippen LogP contribution >= 0.6 is 0 Å². The lowest BCUT2D eigenvalue weighted by Gasteiger charge is -2.35. The van der Waals surface area contributed by atoms with E-state index in [4.69, 9.17) is 4.42 Å². The predicted octanol–water partition coefficient (Wildman–Crippen LogP) is 1.50. The molecular formula is C21H21FN6O4. The second-order valence-corrected chi connectivity index (χ2v) is 7.60. The zero-order chi connectivity index (χ0) is 23.0. The molecule has 1 atom stereocenters. The molecule has 166 valence electrons. The lowest BCUT2D eigenvalue weighted by atomic mass is 10.2. The number of halogens is 1. The van der Waals surface area contributed by atoms with Gasteiger partial charge in [0.25, 0.3) is 5.91 Å². The van der Waals surface area contributed by atoms with Crippen molar-refractivity contribution in [3.8, 4) is 6.07 Å². The molecule has 1 unspecified atom stereocenters. The highest BCUT2D eigenvalue weighted by atomic mass is 19.1. The first-order valence-corrected chi connectivity index (χ1v) is 10.1. The van der Waals surface area contributed by atoms with Gasteiger partial charge in [-0.25, -0.2) is 14.2 Å². The molecule has 2 aromatic rings. The molecule has 1 aromatic heterocycles. The second kappa shape index (κ2) is 8.30. The zero-order valence-electron chi connectivity index (χ0n) is 17.6. The third kappa shape index (κ3) is 3.75. The minimum Gasteiger partial charge on any atom is -0.424 e. The van der Waals surface area contributed by atoms with Gasteiger partial charge in [0.15, 0.2) is 5.89 Å². The summed E-state index contributed by atoms with van der Waals surface area (Å²) >= 11 is 0. The minimum absolute atomic E-state index is 0.199. The highest BCUT2D eigenvalue weighted by Gasteiger charge is 2.44. The van der Waals surface area contributed by atoms with Crippen molar-refractivity contribution in [2.75, 3.05) is 42.5 Å². The van der Waals surface area contributed by atoms with E-state index >= 15 is 0 Å². The number of urea groups is 1. The summed E-state index contributed by atoms with van der Waals surface area (Å²) < 4.78 is 18.7. The summed E-state index contributed by atoms with van der Waals surface area (Å²) in [5, 5.41) is 9.19. The first-order valence-electron chi connectivity index (χ1n) is 10.1. The van der Waals surface area contributed by atoms with E-state index in [0.29, 0.717) is 43.6 Å². The topological polar surface area (TPSA) is 114 Å². The number of aryl methyl sites for hydroxylation is 1. The van der Waals surface area contributed by atoms with E-state index in [1.807, 2.05) is 11.0 Å². The van der Waals surface area contributed by atoms with E-state index in [0.717, 1.165) is 4.90 Å². The summed E-state index contributed by atoms with van der Waals surface area (Å²) in [6, 6.07) is 5.84. The third-order valence-electron chi connectivity index (χ3n) is 5.59. The molecule has 0 spiro atoms. The molecule has 2 saturated heterocycles. The Morgan fingerprint density at radius 3 is 2.50 bits per heavy atom. The summed E-state index contributed by atoms with van der Waals surface area (Å²) in [5.41, 5.74) is 0.585. The quantitative estimate of drug-likeness (QED) is 0.662. The maximum atomic E-state index is 13.2. The molecule has 0 saturated carbocycles. The van der Waals surface area contributed by atoms with Crippen molar-refractivity contribution < 1.29 is 23.2 Å². The standard InChI is InChI=1S/C21H21FN6O4/c1-13-19(30)27(21(31)28(13)16-5-3-15(22)4-6-16)12-18(29)25-7-9-26(10-8-25)20-17(11-23)24-14(2)32-20/h3-6,13H,7-10,12H2,1-2H3. The van der Waals surface area contributed by atoms with E-state index in [2.05, 4.69) is 4.98 Å². The van der Waals surface area contributed by atoms with Gasteiger partial charge in [0.1, 0.15) is 24.5 Å². The molecule has 2 aliphatic rings. The van der Waals surface area contributed by atoms with Gasteiger partial charge in [-0.15, -0.1) is 0 Å². The minimum atomic E-state index is -0.795. The Morgan fingerprint density at radius 2 is 1.88 bits per heavy atom. The van der Waals surface area contributed by atoms with Crippen LogP contribution in [0.5, 0.6) is 0 Å². The van der Waals surface area contributed by atoms with Crippen LogP contribution in [0, 0.1) is 24.1 Å². The number of amides is 4. The number of carbonyl (C=O) groups is 3. The largest absolute Gasteiger partial charge is 0.424 e. The Morgan fingerprint density at radius 1 is 1.22 bits per heavy atom. The molecule has 3 heterocycles. The van der Waals surface area contributed by atoms with Crippen LogP contribution in [-0.2, 0) is 9.59 Å². The normalized spacial score (nSPS) is 19.0. The average Bonchev–Trinajstić information content (AvgIpc) is 3.27. The number of carbonyl (C=O) groups excluding carboxylic acids is 3. The smallest absolute Gasteiger partial charge is 0.332 e. The number of benzene rings is 1. The summed E-state index contributed by atoms with van der Waals surface area (Å²) in [6.45, 7) is 4.39. The Hall–Kier alpha value is -3.94. The van der Waals surface area contributed by atoms with Crippen molar-refractivity contribution in [3.63, 3.8) is 0 Å². The second-order valence-electron chi connectivity index (χ2n) is 7.60. The van der Waals surface area contributed by atoms with Crippen LogP contribution in [0.15, 0.2) is 28.7 Å². The molecule has 2 aliphatic heterocycles. The van der Waals surface area contributed by atoms with Gasteiger partial charge in [-0.3, -0.25) is 19.4 Å². The van der Waals surface area contributed by atoms with Gasteiger partial charge in [-0.1, -0.05) is 0 Å². The summed E-state index contributed by atoms with van der Waals surface area (Å²) in [4.78, 5) is 47.9. The predicted molar refractivity (Wildman–Crippen MR) is 110 cm³/mol. The number of hydrogen-bond donors (Lipinski definition) is 0. The summed E-state index contributed by atoms with van der Waals surface area (Å²) in [6.07, 6.45) is 0. The molecular weight excluding hydrogens is 419 g/mol. The van der Waals surface area contributed by atoms with Gasteiger partial charge in [0, 0.05) is 38.8 Å². The molecule has 0 aliphatic carbocycles. The first-order chi connectivity index (χ1) is 15.3. The van der Waals surface area contributed by atoms with Gasteiger partial charge in [0.05, 0.1) is 0 Å². The highest BCUT2D eigenvalue weighted by molar-refractivity contribution is 6.15. The summed E-state index contributed by atoms with van der Waals surface area (Å²) in [7, 11) is 0. The molecule has 10 nitrogen and oxygen atoms in total. The number of nitrogens with zero attached hydrogens (tertiary/aromatic N) is 6. The van der Waals surface area contributed by atoms with Crippen LogP contribution in [0.25, 0.3) is 0 Å². The maximum absolute atomic E-state index is 13.2. The Kier molecular flexibility index (Phi) is 5.52. The lowest BCUT2D eigenvalue weighted by Crippen LogP contribution is -2.52. The van der Waals surface area contributed by atoms with Crippen molar-refractivity contribution in [2.45, 2.75) is 19.9 Å². The fourth-order valence-corrected chi connectivity index (χ4v) is 3.90. The van der Waals surface area contributed by atoms with Crippen molar-refractivity contribution in [1.82, 2.24) is 14.8 Å². The van der Waals surface area contributed by atoms with E-state index in [-0.39, 0.29) is 18.1 Å². The molecule has 1 aromatic carbocycles. The first kappa shape index (κ1) is 21.3. The van der Waals surface area contributed by atoms with E-state index in [1.165, 1.54) is 29.2 Å². The number of hydrogen-bond acceptors (Lipinski definition) is 7. The SMILES string of the molecule is Cc1nc(C#N)c(N2CCN(C(=O)CN3C(=O)C(C)N(c4ccc(F)cc4)C3=O)CC2)o1. The van der Waals surface area contributed by atoms with Gasteiger partial charge in [-0.05, 0) is 31.2 Å². The molecule has 32 heavy (non-hydrogen) atoms. The van der Waals surface area contributed by atoms with Gasteiger partial charge in [-0.2, -0.15) is 5.26 Å². The zero-order valence-corrected chi connectivity index (χ0v) is 17.6. The maximum Gasteiger partial charge on any atom is 0.332 e. The van der Waals surface area contributed by atoms with Crippen molar-refractivity contribution >= 4 is 29.4 Å². The third-order valence-corrected chi connectivity index (χ3v) is 5.59. The van der Waals surface area contributed by atoms with E-state index in [9.17, 15) is 24.0 Å². The van der Waals surface area contributed by atoms with Crippen LogP contribution in [0.3, 0.4) is 0 Å². The lowest BCUT2D eigenvalue weighted by molar-refractivity contribution is -0.137. The van der Waals surface area contributed by atoms with Crippen molar-refractivity contribution in [1.29, 1.82) is 5.26 Å². The average molecular weight is 440 g/mol. The molecule has 2 fully saturated rings. The van der Waals surface area contributed by atoms with Crippen LogP contribution < -0.4 is 9.80 Å². The molecule has 0 N–H and O–H groups in total.